The standard InChI is InChI=1S/C15H16FN5O4/c1-8(13-18-9(2)20-25-13)17-14(22)19-12-7-10(3-4-11(12)16)21-5-6-24-15(21)23/h3-4,7-8H,5-6H2,1-2H3,(H2,17,19,22). The number of rotatable bonds is 4. The molecule has 25 heavy (non-hydrogen) atoms. The number of nitrogens with one attached hydrogen (secondary N) is 2. The van der Waals surface area contributed by atoms with Crippen molar-refractivity contribution in [3.63, 3.8) is 0 Å². The molecule has 1 unspecified atom stereocenters. The summed E-state index contributed by atoms with van der Waals surface area (Å²) in [5.41, 5.74) is 0.364. The zero-order valence-electron chi connectivity index (χ0n) is 13.6. The number of nitrogens with zero attached hydrogens (tertiary/aromatic N) is 3. The molecule has 0 radical (unpaired) electrons. The molecule has 3 rings (SSSR count). The van der Waals surface area contributed by atoms with Crippen LogP contribution in [0.2, 0.25) is 0 Å². The molecular weight excluding hydrogens is 333 g/mol. The Morgan fingerprint density at radius 3 is 2.88 bits per heavy atom. The molecular formula is C15H16FN5O4. The van der Waals surface area contributed by atoms with Gasteiger partial charge in [-0.25, -0.2) is 14.0 Å². The molecule has 10 heteroatoms. The van der Waals surface area contributed by atoms with Crippen LogP contribution in [0, 0.1) is 12.7 Å². The first-order valence-electron chi connectivity index (χ1n) is 7.55. The first-order valence-corrected chi connectivity index (χ1v) is 7.55. The van der Waals surface area contributed by atoms with E-state index >= 15 is 0 Å². The molecule has 0 spiro atoms. The van der Waals surface area contributed by atoms with E-state index in [0.717, 1.165) is 0 Å². The van der Waals surface area contributed by atoms with Crippen LogP contribution in [0.1, 0.15) is 24.7 Å². The van der Waals surface area contributed by atoms with Gasteiger partial charge in [0.1, 0.15) is 18.5 Å². The van der Waals surface area contributed by atoms with E-state index in [4.69, 9.17) is 9.26 Å². The highest BCUT2D eigenvalue weighted by atomic mass is 19.1. The molecule has 132 valence electrons. The quantitative estimate of drug-likeness (QED) is 0.877. The van der Waals surface area contributed by atoms with Crippen LogP contribution in [0.5, 0.6) is 0 Å². The second-order valence-corrected chi connectivity index (χ2v) is 5.43. The van der Waals surface area contributed by atoms with Gasteiger partial charge in [0.05, 0.1) is 12.2 Å². The molecule has 0 saturated carbocycles. The molecule has 1 aliphatic heterocycles. The topological polar surface area (TPSA) is 110 Å². The molecule has 1 aliphatic rings. The number of aryl methyl sites for hydroxylation is 1. The molecule has 1 fully saturated rings. The minimum absolute atomic E-state index is 0.0661. The summed E-state index contributed by atoms with van der Waals surface area (Å²) in [4.78, 5) is 29.0. The largest absolute Gasteiger partial charge is 0.447 e. The smallest absolute Gasteiger partial charge is 0.414 e. The van der Waals surface area contributed by atoms with Crippen molar-refractivity contribution in [3.05, 3.63) is 35.7 Å². The van der Waals surface area contributed by atoms with Crippen LogP contribution in [0.3, 0.4) is 0 Å². The van der Waals surface area contributed by atoms with Gasteiger partial charge in [0.15, 0.2) is 5.82 Å². The summed E-state index contributed by atoms with van der Waals surface area (Å²) in [5.74, 6) is 0.0507. The number of halogens is 1. The van der Waals surface area contributed by atoms with Gasteiger partial charge in [-0.15, -0.1) is 0 Å². The summed E-state index contributed by atoms with van der Waals surface area (Å²) in [6, 6.07) is 2.77. The predicted molar refractivity (Wildman–Crippen MR) is 84.7 cm³/mol. The van der Waals surface area contributed by atoms with Gasteiger partial charge in [0.25, 0.3) is 0 Å². The lowest BCUT2D eigenvalue weighted by Gasteiger charge is -2.16. The van der Waals surface area contributed by atoms with Crippen LogP contribution in [0.15, 0.2) is 22.7 Å². The lowest BCUT2D eigenvalue weighted by Crippen LogP contribution is -2.32. The maximum Gasteiger partial charge on any atom is 0.414 e. The summed E-state index contributed by atoms with van der Waals surface area (Å²) in [7, 11) is 0. The highest BCUT2D eigenvalue weighted by Gasteiger charge is 2.24. The van der Waals surface area contributed by atoms with Gasteiger partial charge in [0, 0.05) is 5.69 Å². The number of amides is 3. The van der Waals surface area contributed by atoms with E-state index in [1.54, 1.807) is 13.8 Å². The molecule has 3 amide bonds. The Morgan fingerprint density at radius 2 is 2.24 bits per heavy atom. The molecule has 0 aliphatic carbocycles. The molecule has 2 aromatic rings. The number of cyclic esters (lactones) is 1. The molecule has 0 bridgehead atoms. The minimum Gasteiger partial charge on any atom is -0.447 e. The molecule has 2 N–H and O–H groups in total. The van der Waals surface area contributed by atoms with E-state index in [1.165, 1.54) is 23.1 Å². The molecule has 9 nitrogen and oxygen atoms in total. The Labute approximate surface area is 142 Å². The normalized spacial score (nSPS) is 15.0. The van der Waals surface area contributed by atoms with Crippen molar-refractivity contribution in [3.8, 4) is 0 Å². The van der Waals surface area contributed by atoms with Crippen LogP contribution in [-0.2, 0) is 4.74 Å². The summed E-state index contributed by atoms with van der Waals surface area (Å²) < 4.78 is 23.8. The third-order valence-electron chi connectivity index (χ3n) is 3.53. The zero-order valence-corrected chi connectivity index (χ0v) is 13.6. The van der Waals surface area contributed by atoms with E-state index in [9.17, 15) is 14.0 Å². The van der Waals surface area contributed by atoms with Gasteiger partial charge in [-0.1, -0.05) is 5.16 Å². The van der Waals surface area contributed by atoms with Gasteiger partial charge >= 0.3 is 12.1 Å². The van der Waals surface area contributed by atoms with E-state index in [-0.39, 0.29) is 18.2 Å². The fourth-order valence-electron chi connectivity index (χ4n) is 2.31. The van der Waals surface area contributed by atoms with Crippen molar-refractivity contribution >= 4 is 23.5 Å². The third kappa shape index (κ3) is 3.67. The fourth-order valence-corrected chi connectivity index (χ4v) is 2.31. The molecule has 2 heterocycles. The highest BCUT2D eigenvalue weighted by molar-refractivity contribution is 5.93. The number of anilines is 2. The minimum atomic E-state index is -0.650. The Balaban J connectivity index is 1.69. The number of benzene rings is 1. The van der Waals surface area contributed by atoms with Gasteiger partial charge < -0.3 is 19.9 Å². The number of urea groups is 1. The van der Waals surface area contributed by atoms with Crippen molar-refractivity contribution in [2.24, 2.45) is 0 Å². The predicted octanol–water partition coefficient (Wildman–Crippen LogP) is 2.36. The van der Waals surface area contributed by atoms with Crippen LogP contribution in [-0.4, -0.2) is 35.4 Å². The lowest BCUT2D eigenvalue weighted by molar-refractivity contribution is 0.181. The first-order chi connectivity index (χ1) is 11.9. The average molecular weight is 349 g/mol. The Morgan fingerprint density at radius 1 is 1.44 bits per heavy atom. The summed E-state index contributed by atoms with van der Waals surface area (Å²) in [6.45, 7) is 3.94. The molecule has 1 saturated heterocycles. The highest BCUT2D eigenvalue weighted by Crippen LogP contribution is 2.25. The van der Waals surface area contributed by atoms with E-state index in [2.05, 4.69) is 20.8 Å². The Kier molecular flexibility index (Phi) is 4.50. The van der Waals surface area contributed by atoms with Crippen molar-refractivity contribution < 1.29 is 23.2 Å². The number of hydrogen-bond acceptors (Lipinski definition) is 6. The molecule has 1 aromatic carbocycles. The number of aromatic nitrogens is 2. The SMILES string of the molecule is Cc1noc(C(C)NC(=O)Nc2cc(N3CCOC3=O)ccc2F)n1. The number of carbonyl (C=O) groups is 2. The van der Waals surface area contributed by atoms with E-state index in [0.29, 0.717) is 18.1 Å². The molecule has 1 atom stereocenters. The van der Waals surface area contributed by atoms with Crippen molar-refractivity contribution in [2.75, 3.05) is 23.4 Å². The number of ether oxygens (including phenoxy) is 1. The summed E-state index contributed by atoms with van der Waals surface area (Å²) >= 11 is 0. The molecule has 1 aromatic heterocycles. The lowest BCUT2D eigenvalue weighted by atomic mass is 10.2. The fraction of sp³-hybridized carbons (Fsp3) is 0.333. The number of hydrogen-bond donors (Lipinski definition) is 2. The average Bonchev–Trinajstić information content (AvgIpc) is 3.18. The number of carbonyl (C=O) groups excluding carboxylic acids is 2. The van der Waals surface area contributed by atoms with Crippen molar-refractivity contribution in [1.29, 1.82) is 0 Å². The maximum absolute atomic E-state index is 14.0. The van der Waals surface area contributed by atoms with Crippen molar-refractivity contribution in [2.45, 2.75) is 19.9 Å². The van der Waals surface area contributed by atoms with E-state index < -0.39 is 24.0 Å². The van der Waals surface area contributed by atoms with Crippen LogP contribution in [0.25, 0.3) is 0 Å². The van der Waals surface area contributed by atoms with Gasteiger partial charge in [0.2, 0.25) is 5.89 Å². The first kappa shape index (κ1) is 16.7. The van der Waals surface area contributed by atoms with Crippen LogP contribution < -0.4 is 15.5 Å². The third-order valence-corrected chi connectivity index (χ3v) is 3.53. The Bertz CT molecular complexity index is 809. The van der Waals surface area contributed by atoms with Crippen LogP contribution in [0.4, 0.5) is 25.4 Å². The Hall–Kier alpha value is -3.17. The summed E-state index contributed by atoms with van der Waals surface area (Å²) in [5, 5.41) is 8.61. The summed E-state index contributed by atoms with van der Waals surface area (Å²) in [6.07, 6.45) is -0.512. The van der Waals surface area contributed by atoms with Crippen LogP contribution >= 0.6 is 0 Å². The second-order valence-electron chi connectivity index (χ2n) is 5.43. The van der Waals surface area contributed by atoms with E-state index in [1.807, 2.05) is 0 Å². The zero-order chi connectivity index (χ0) is 18.0. The van der Waals surface area contributed by atoms with Gasteiger partial charge in [-0.2, -0.15) is 4.98 Å². The maximum atomic E-state index is 14.0. The monoisotopic (exact) mass is 349 g/mol. The van der Waals surface area contributed by atoms with Gasteiger partial charge in [-0.3, -0.25) is 4.90 Å². The second kappa shape index (κ2) is 6.75. The van der Waals surface area contributed by atoms with Gasteiger partial charge in [-0.05, 0) is 32.0 Å². The van der Waals surface area contributed by atoms with Crippen molar-refractivity contribution in [1.82, 2.24) is 15.5 Å².